The van der Waals surface area contributed by atoms with Crippen molar-refractivity contribution < 1.29 is 5.21 Å². The van der Waals surface area contributed by atoms with Gasteiger partial charge in [-0.1, -0.05) is 12.0 Å². The maximum atomic E-state index is 9.19. The number of terminal acetylenes is 1. The Balaban J connectivity index is 3.25. The lowest BCUT2D eigenvalue weighted by molar-refractivity contribution is 0.279. The van der Waals surface area contributed by atoms with Crippen molar-refractivity contribution in [3.63, 3.8) is 0 Å². The summed E-state index contributed by atoms with van der Waals surface area (Å²) in [6.45, 7) is 1.89. The molecule has 12 heavy (non-hydrogen) atoms. The van der Waals surface area contributed by atoms with Gasteiger partial charge in [0.1, 0.15) is 0 Å². The molecule has 1 aromatic carbocycles. The molecular formula is C10H11NO. The second-order valence-electron chi connectivity index (χ2n) is 2.62. The van der Waals surface area contributed by atoms with Crippen LogP contribution in [0.3, 0.4) is 0 Å². The van der Waals surface area contributed by atoms with Crippen molar-refractivity contribution >= 4 is 5.69 Å². The van der Waals surface area contributed by atoms with E-state index in [2.05, 4.69) is 5.92 Å². The van der Waals surface area contributed by atoms with Crippen LogP contribution in [-0.4, -0.2) is 12.3 Å². The number of rotatable bonds is 1. The van der Waals surface area contributed by atoms with Crippen LogP contribution >= 0.6 is 0 Å². The van der Waals surface area contributed by atoms with E-state index in [9.17, 15) is 5.21 Å². The highest BCUT2D eigenvalue weighted by Crippen LogP contribution is 2.19. The Kier molecular flexibility index (Phi) is 2.37. The molecule has 0 saturated heterocycles. The smallest absolute Gasteiger partial charge is 0.0672 e. The molecule has 0 aromatic heterocycles. The summed E-state index contributed by atoms with van der Waals surface area (Å²) in [7, 11) is 1.57. The van der Waals surface area contributed by atoms with Crippen LogP contribution in [0.1, 0.15) is 11.1 Å². The maximum absolute atomic E-state index is 9.19. The molecule has 2 heteroatoms. The van der Waals surface area contributed by atoms with Gasteiger partial charge in [-0.3, -0.25) is 10.3 Å². The van der Waals surface area contributed by atoms with Gasteiger partial charge in [-0.2, -0.15) is 0 Å². The standard InChI is InChI=1S/C10H11NO/c1-4-9-6-5-7-10(8(9)2)11(3)12/h1,5-7,12H,2-3H3. The molecule has 0 aliphatic rings. The lowest BCUT2D eigenvalue weighted by atomic mass is 10.1. The molecule has 0 aliphatic carbocycles. The van der Waals surface area contributed by atoms with Gasteiger partial charge < -0.3 is 0 Å². The van der Waals surface area contributed by atoms with Crippen molar-refractivity contribution in [2.24, 2.45) is 0 Å². The van der Waals surface area contributed by atoms with E-state index in [1.807, 2.05) is 25.1 Å². The number of benzene rings is 1. The Labute approximate surface area is 72.4 Å². The van der Waals surface area contributed by atoms with Gasteiger partial charge in [-0.25, -0.2) is 0 Å². The number of nitrogens with zero attached hydrogens (tertiary/aromatic N) is 1. The number of hydrogen-bond acceptors (Lipinski definition) is 2. The van der Waals surface area contributed by atoms with Gasteiger partial charge in [0, 0.05) is 12.6 Å². The van der Waals surface area contributed by atoms with Crippen molar-refractivity contribution in [2.75, 3.05) is 12.1 Å². The number of anilines is 1. The molecule has 0 aliphatic heterocycles. The van der Waals surface area contributed by atoms with Crippen LogP contribution in [0.2, 0.25) is 0 Å². The summed E-state index contributed by atoms with van der Waals surface area (Å²) in [6.07, 6.45) is 5.27. The maximum Gasteiger partial charge on any atom is 0.0672 e. The highest BCUT2D eigenvalue weighted by atomic mass is 16.5. The molecule has 1 rings (SSSR count). The Morgan fingerprint density at radius 2 is 2.17 bits per heavy atom. The summed E-state index contributed by atoms with van der Waals surface area (Å²) in [4.78, 5) is 0. The molecule has 0 spiro atoms. The SMILES string of the molecule is C#Cc1cccc(N(C)O)c1C. The summed E-state index contributed by atoms with van der Waals surface area (Å²) in [6, 6.07) is 5.49. The fourth-order valence-corrected chi connectivity index (χ4v) is 1.13. The molecular weight excluding hydrogens is 150 g/mol. The van der Waals surface area contributed by atoms with E-state index >= 15 is 0 Å². The summed E-state index contributed by atoms with van der Waals surface area (Å²) < 4.78 is 0. The molecule has 0 radical (unpaired) electrons. The molecule has 0 unspecified atom stereocenters. The van der Waals surface area contributed by atoms with Crippen LogP contribution in [0.25, 0.3) is 0 Å². The summed E-state index contributed by atoms with van der Waals surface area (Å²) in [5.41, 5.74) is 2.48. The number of hydrogen-bond donors (Lipinski definition) is 1. The van der Waals surface area contributed by atoms with Crippen molar-refractivity contribution in [1.29, 1.82) is 0 Å². The molecule has 0 heterocycles. The van der Waals surface area contributed by atoms with Crippen LogP contribution in [0.5, 0.6) is 0 Å². The van der Waals surface area contributed by atoms with Crippen molar-refractivity contribution in [2.45, 2.75) is 6.92 Å². The largest absolute Gasteiger partial charge is 0.289 e. The minimum atomic E-state index is 0.741. The van der Waals surface area contributed by atoms with E-state index in [1.54, 1.807) is 7.05 Å². The van der Waals surface area contributed by atoms with E-state index in [1.165, 1.54) is 0 Å². The highest BCUT2D eigenvalue weighted by molar-refractivity contribution is 5.57. The van der Waals surface area contributed by atoms with Gasteiger partial charge in [-0.15, -0.1) is 6.42 Å². The molecule has 0 saturated carbocycles. The van der Waals surface area contributed by atoms with Crippen LogP contribution < -0.4 is 5.06 Å². The predicted octanol–water partition coefficient (Wildman–Crippen LogP) is 1.80. The molecule has 0 atom stereocenters. The molecule has 2 nitrogen and oxygen atoms in total. The molecule has 0 amide bonds. The second kappa shape index (κ2) is 3.29. The van der Waals surface area contributed by atoms with Crippen molar-refractivity contribution in [3.05, 3.63) is 29.3 Å². The third-order valence-corrected chi connectivity index (χ3v) is 1.81. The van der Waals surface area contributed by atoms with Crippen LogP contribution in [-0.2, 0) is 0 Å². The van der Waals surface area contributed by atoms with Crippen LogP contribution in [0.15, 0.2) is 18.2 Å². The monoisotopic (exact) mass is 161 g/mol. The van der Waals surface area contributed by atoms with Gasteiger partial charge in [0.2, 0.25) is 0 Å². The quantitative estimate of drug-likeness (QED) is 0.501. The summed E-state index contributed by atoms with van der Waals surface area (Å²) in [5.74, 6) is 2.55. The highest BCUT2D eigenvalue weighted by Gasteiger charge is 2.03. The Hall–Kier alpha value is -1.46. The van der Waals surface area contributed by atoms with E-state index in [-0.39, 0.29) is 0 Å². The van der Waals surface area contributed by atoms with Gasteiger partial charge >= 0.3 is 0 Å². The van der Waals surface area contributed by atoms with Gasteiger partial charge in [0.15, 0.2) is 0 Å². The zero-order chi connectivity index (χ0) is 9.14. The Morgan fingerprint density at radius 1 is 1.50 bits per heavy atom. The summed E-state index contributed by atoms with van der Waals surface area (Å²) in [5, 5.41) is 10.3. The molecule has 1 aromatic rings. The third kappa shape index (κ3) is 1.41. The van der Waals surface area contributed by atoms with E-state index in [4.69, 9.17) is 6.42 Å². The minimum absolute atomic E-state index is 0.741. The average Bonchev–Trinajstić information content (AvgIpc) is 2.04. The first-order valence-corrected chi connectivity index (χ1v) is 3.65. The zero-order valence-electron chi connectivity index (χ0n) is 7.20. The normalized spacial score (nSPS) is 9.17. The topological polar surface area (TPSA) is 23.5 Å². The Morgan fingerprint density at radius 3 is 2.67 bits per heavy atom. The fraction of sp³-hybridized carbons (Fsp3) is 0.200. The second-order valence-corrected chi connectivity index (χ2v) is 2.62. The van der Waals surface area contributed by atoms with Crippen LogP contribution in [0.4, 0.5) is 5.69 Å². The average molecular weight is 161 g/mol. The lowest BCUT2D eigenvalue weighted by Crippen LogP contribution is -2.11. The van der Waals surface area contributed by atoms with E-state index in [0.717, 1.165) is 21.9 Å². The zero-order valence-corrected chi connectivity index (χ0v) is 7.20. The summed E-state index contributed by atoms with van der Waals surface area (Å²) >= 11 is 0. The van der Waals surface area contributed by atoms with E-state index < -0.39 is 0 Å². The minimum Gasteiger partial charge on any atom is -0.289 e. The van der Waals surface area contributed by atoms with Gasteiger partial charge in [0.25, 0.3) is 0 Å². The molecule has 0 fully saturated rings. The third-order valence-electron chi connectivity index (χ3n) is 1.81. The van der Waals surface area contributed by atoms with Crippen LogP contribution in [0, 0.1) is 19.3 Å². The lowest BCUT2D eigenvalue weighted by Gasteiger charge is -2.13. The van der Waals surface area contributed by atoms with Crippen molar-refractivity contribution in [3.8, 4) is 12.3 Å². The van der Waals surface area contributed by atoms with Gasteiger partial charge in [-0.05, 0) is 24.6 Å². The van der Waals surface area contributed by atoms with Crippen molar-refractivity contribution in [1.82, 2.24) is 0 Å². The van der Waals surface area contributed by atoms with Gasteiger partial charge in [0.05, 0.1) is 5.69 Å². The first kappa shape index (κ1) is 8.63. The fourth-order valence-electron chi connectivity index (χ4n) is 1.13. The first-order valence-electron chi connectivity index (χ1n) is 3.65. The molecule has 62 valence electrons. The van der Waals surface area contributed by atoms with E-state index in [0.29, 0.717) is 0 Å². The first-order chi connectivity index (χ1) is 5.66. The Bertz CT molecular complexity index is 323. The molecule has 1 N–H and O–H groups in total. The molecule has 0 bridgehead atoms. The predicted molar refractivity (Wildman–Crippen MR) is 49.3 cm³/mol. The number of hydroxylamine groups is 1.